The van der Waals surface area contributed by atoms with Crippen LogP contribution in [0.1, 0.15) is 5.56 Å². The van der Waals surface area contributed by atoms with Crippen LogP contribution in [0, 0.1) is 17.1 Å². The Kier molecular flexibility index (Phi) is 2.70. The molecule has 0 bridgehead atoms. The molecule has 1 N–H and O–H groups in total. The number of methoxy groups -OCH3 is 1. The summed E-state index contributed by atoms with van der Waals surface area (Å²) in [5.41, 5.74) is 0.431. The van der Waals surface area contributed by atoms with Crippen molar-refractivity contribution in [3.8, 4) is 17.6 Å². The van der Waals surface area contributed by atoms with E-state index in [4.69, 9.17) is 15.1 Å². The van der Waals surface area contributed by atoms with Gasteiger partial charge < -0.3 is 9.84 Å². The van der Waals surface area contributed by atoms with Gasteiger partial charge in [0.25, 0.3) is 0 Å². The maximum atomic E-state index is 13.1. The summed E-state index contributed by atoms with van der Waals surface area (Å²) in [4.78, 5) is 0. The second-order valence-electron chi connectivity index (χ2n) is 2.43. The van der Waals surface area contributed by atoms with Gasteiger partial charge in [0.15, 0.2) is 11.5 Å². The lowest BCUT2D eigenvalue weighted by atomic mass is 10.1. The smallest absolute Gasteiger partial charge is 0.206 e. The monoisotopic (exact) mass is 181 g/mol. The van der Waals surface area contributed by atoms with Crippen LogP contribution in [-0.2, 0) is 6.42 Å². The zero-order chi connectivity index (χ0) is 9.84. The van der Waals surface area contributed by atoms with Crippen molar-refractivity contribution in [3.63, 3.8) is 0 Å². The van der Waals surface area contributed by atoms with Crippen LogP contribution in [-0.4, -0.2) is 12.2 Å². The zero-order valence-electron chi connectivity index (χ0n) is 7.04. The number of benzene rings is 1. The highest BCUT2D eigenvalue weighted by atomic mass is 19.1. The molecular weight excluding hydrogens is 173 g/mol. The first kappa shape index (κ1) is 9.33. The Bertz CT molecular complexity index is 357. The minimum absolute atomic E-state index is 0.0559. The van der Waals surface area contributed by atoms with Crippen LogP contribution in [0.5, 0.6) is 11.5 Å². The van der Waals surface area contributed by atoms with Crippen molar-refractivity contribution in [2.75, 3.05) is 7.11 Å². The lowest BCUT2D eigenvalue weighted by molar-refractivity contribution is 0.361. The Morgan fingerprint density at radius 1 is 1.62 bits per heavy atom. The predicted molar refractivity (Wildman–Crippen MR) is 43.9 cm³/mol. The van der Waals surface area contributed by atoms with Gasteiger partial charge in [-0.2, -0.15) is 9.65 Å². The Morgan fingerprint density at radius 2 is 2.31 bits per heavy atom. The van der Waals surface area contributed by atoms with Crippen molar-refractivity contribution in [1.82, 2.24) is 0 Å². The molecule has 4 heteroatoms. The molecule has 0 aliphatic carbocycles. The van der Waals surface area contributed by atoms with E-state index in [9.17, 15) is 4.39 Å². The molecule has 0 aliphatic heterocycles. The Balaban J connectivity index is 3.23. The maximum absolute atomic E-state index is 13.1. The van der Waals surface area contributed by atoms with Crippen molar-refractivity contribution >= 4 is 0 Å². The summed E-state index contributed by atoms with van der Waals surface area (Å²) in [6.45, 7) is 0. The minimum Gasteiger partial charge on any atom is -0.505 e. The number of nitriles is 1. The number of hydrogen-bond donors (Lipinski definition) is 1. The summed E-state index contributed by atoms with van der Waals surface area (Å²) in [5, 5.41) is 17.4. The molecular formula is C9H8FNO2. The van der Waals surface area contributed by atoms with Crippen LogP contribution < -0.4 is 4.74 Å². The van der Waals surface area contributed by atoms with Crippen molar-refractivity contribution in [2.24, 2.45) is 0 Å². The van der Waals surface area contributed by atoms with E-state index in [-0.39, 0.29) is 12.2 Å². The highest BCUT2D eigenvalue weighted by Crippen LogP contribution is 2.29. The van der Waals surface area contributed by atoms with Gasteiger partial charge in [0.2, 0.25) is 5.82 Å². The normalized spacial score (nSPS) is 9.31. The Morgan fingerprint density at radius 3 is 2.85 bits per heavy atom. The van der Waals surface area contributed by atoms with Gasteiger partial charge in [-0.15, -0.1) is 0 Å². The molecule has 1 aromatic rings. The second kappa shape index (κ2) is 3.76. The summed E-state index contributed by atoms with van der Waals surface area (Å²) >= 11 is 0. The van der Waals surface area contributed by atoms with Gasteiger partial charge in [0.1, 0.15) is 0 Å². The molecule has 0 saturated carbocycles. The number of ether oxygens (including phenoxy) is 1. The van der Waals surface area contributed by atoms with Crippen molar-refractivity contribution in [1.29, 1.82) is 5.26 Å². The number of rotatable bonds is 2. The molecule has 0 amide bonds. The summed E-state index contributed by atoms with van der Waals surface area (Å²) in [5.74, 6) is -1.37. The largest absolute Gasteiger partial charge is 0.505 e. The lowest BCUT2D eigenvalue weighted by Gasteiger charge is -2.07. The topological polar surface area (TPSA) is 53.2 Å². The second-order valence-corrected chi connectivity index (χ2v) is 2.43. The van der Waals surface area contributed by atoms with Crippen LogP contribution >= 0.6 is 0 Å². The summed E-state index contributed by atoms with van der Waals surface area (Å²) in [6.07, 6.45) is 0.0559. The molecule has 0 aliphatic rings. The van der Waals surface area contributed by atoms with Gasteiger partial charge in [-0.05, 0) is 6.07 Å². The predicted octanol–water partition coefficient (Wildman–Crippen LogP) is 1.61. The number of halogens is 1. The molecule has 68 valence electrons. The fourth-order valence-electron chi connectivity index (χ4n) is 1.03. The molecule has 0 fully saturated rings. The molecule has 0 spiro atoms. The summed E-state index contributed by atoms with van der Waals surface area (Å²) in [7, 11) is 1.29. The number of hydrogen-bond acceptors (Lipinski definition) is 3. The molecule has 0 saturated heterocycles. The van der Waals surface area contributed by atoms with Gasteiger partial charge in [-0.1, -0.05) is 6.07 Å². The summed E-state index contributed by atoms with van der Waals surface area (Å²) in [6, 6.07) is 4.53. The van der Waals surface area contributed by atoms with E-state index in [0.717, 1.165) is 0 Å². The number of phenolic OH excluding ortho intramolecular Hbond substituents is 1. The third-order valence-corrected chi connectivity index (χ3v) is 1.63. The standard InChI is InChI=1S/C9H8FNO2/c1-13-9-6(4-5-11)2-3-7(12)8(9)10/h2-3,12H,4H2,1H3. The van der Waals surface area contributed by atoms with Crippen LogP contribution in [0.25, 0.3) is 0 Å². The molecule has 3 nitrogen and oxygen atoms in total. The average Bonchev–Trinajstić information content (AvgIpc) is 2.12. The van der Waals surface area contributed by atoms with E-state index in [1.807, 2.05) is 6.07 Å². The van der Waals surface area contributed by atoms with E-state index in [2.05, 4.69) is 0 Å². The lowest BCUT2D eigenvalue weighted by Crippen LogP contribution is -1.94. The van der Waals surface area contributed by atoms with Gasteiger partial charge >= 0.3 is 0 Å². The van der Waals surface area contributed by atoms with Gasteiger partial charge in [0.05, 0.1) is 19.6 Å². The Hall–Kier alpha value is -1.76. The van der Waals surface area contributed by atoms with E-state index in [0.29, 0.717) is 5.56 Å². The van der Waals surface area contributed by atoms with Crippen molar-refractivity contribution < 1.29 is 14.2 Å². The number of nitrogens with zero attached hydrogens (tertiary/aromatic N) is 1. The maximum Gasteiger partial charge on any atom is 0.206 e. The molecule has 0 radical (unpaired) electrons. The average molecular weight is 181 g/mol. The van der Waals surface area contributed by atoms with Crippen molar-refractivity contribution in [3.05, 3.63) is 23.5 Å². The van der Waals surface area contributed by atoms with Crippen LogP contribution in [0.15, 0.2) is 12.1 Å². The highest BCUT2D eigenvalue weighted by molar-refractivity contribution is 5.43. The van der Waals surface area contributed by atoms with E-state index < -0.39 is 11.6 Å². The molecule has 1 rings (SSSR count). The fraction of sp³-hybridized carbons (Fsp3) is 0.222. The van der Waals surface area contributed by atoms with E-state index in [1.165, 1.54) is 19.2 Å². The zero-order valence-corrected chi connectivity index (χ0v) is 7.04. The minimum atomic E-state index is -0.824. The fourth-order valence-corrected chi connectivity index (χ4v) is 1.03. The number of phenols is 1. The molecule has 0 aromatic heterocycles. The van der Waals surface area contributed by atoms with Gasteiger partial charge in [-0.3, -0.25) is 0 Å². The van der Waals surface area contributed by atoms with Crippen LogP contribution in [0.3, 0.4) is 0 Å². The third kappa shape index (κ3) is 1.70. The first-order valence-electron chi connectivity index (χ1n) is 3.62. The SMILES string of the molecule is COc1c(CC#N)ccc(O)c1F. The molecule has 13 heavy (non-hydrogen) atoms. The van der Waals surface area contributed by atoms with Gasteiger partial charge in [-0.25, -0.2) is 0 Å². The highest BCUT2D eigenvalue weighted by Gasteiger charge is 2.12. The van der Waals surface area contributed by atoms with Crippen molar-refractivity contribution in [2.45, 2.75) is 6.42 Å². The summed E-state index contributed by atoms with van der Waals surface area (Å²) < 4.78 is 17.8. The van der Waals surface area contributed by atoms with Crippen LogP contribution in [0.4, 0.5) is 4.39 Å². The first-order chi connectivity index (χ1) is 6.20. The van der Waals surface area contributed by atoms with Crippen LogP contribution in [0.2, 0.25) is 0 Å². The molecule has 0 unspecified atom stereocenters. The van der Waals surface area contributed by atoms with Gasteiger partial charge in [0, 0.05) is 5.56 Å². The molecule has 0 heterocycles. The van der Waals surface area contributed by atoms with E-state index >= 15 is 0 Å². The first-order valence-corrected chi connectivity index (χ1v) is 3.62. The third-order valence-electron chi connectivity index (χ3n) is 1.63. The molecule has 0 atom stereocenters. The van der Waals surface area contributed by atoms with E-state index in [1.54, 1.807) is 0 Å². The quantitative estimate of drug-likeness (QED) is 0.754. The Labute approximate surface area is 75.0 Å². The molecule has 1 aromatic carbocycles. The number of aromatic hydroxyl groups is 1.